The van der Waals surface area contributed by atoms with E-state index in [1.165, 1.54) is 4.70 Å². The van der Waals surface area contributed by atoms with Crippen LogP contribution in [0.25, 0.3) is 10.2 Å². The molecular formula is C14H19NOS. The highest BCUT2D eigenvalue weighted by Crippen LogP contribution is 2.25. The molecule has 0 aliphatic heterocycles. The summed E-state index contributed by atoms with van der Waals surface area (Å²) in [5.74, 6) is 0.970. The van der Waals surface area contributed by atoms with Crippen molar-refractivity contribution in [3.63, 3.8) is 0 Å². The molecule has 1 atom stereocenters. The van der Waals surface area contributed by atoms with Gasteiger partial charge < -0.3 is 5.11 Å². The van der Waals surface area contributed by atoms with Crippen LogP contribution in [0.3, 0.4) is 0 Å². The van der Waals surface area contributed by atoms with Crippen molar-refractivity contribution in [2.45, 2.75) is 26.7 Å². The standard InChI is InChI=1S/C14H19NOS/c1-10(2)7-11(9-16)8-14-15-12-5-3-4-6-13(12)17-14/h3-6,10-11,16H,7-9H2,1-2H3. The molecule has 1 aromatic heterocycles. The molecule has 17 heavy (non-hydrogen) atoms. The summed E-state index contributed by atoms with van der Waals surface area (Å²) in [5, 5.41) is 10.5. The van der Waals surface area contributed by atoms with Crippen molar-refractivity contribution < 1.29 is 5.11 Å². The Balaban J connectivity index is 2.11. The third-order valence-electron chi connectivity index (χ3n) is 2.86. The molecular weight excluding hydrogens is 230 g/mol. The Hall–Kier alpha value is -0.930. The predicted molar refractivity (Wildman–Crippen MR) is 73.4 cm³/mol. The Bertz CT molecular complexity index is 445. The highest BCUT2D eigenvalue weighted by atomic mass is 32.1. The van der Waals surface area contributed by atoms with Crippen LogP contribution in [-0.4, -0.2) is 16.7 Å². The van der Waals surface area contributed by atoms with Crippen LogP contribution in [0, 0.1) is 11.8 Å². The fourth-order valence-electron chi connectivity index (χ4n) is 2.14. The molecule has 1 heterocycles. The molecule has 1 N–H and O–H groups in total. The second-order valence-electron chi connectivity index (χ2n) is 4.96. The summed E-state index contributed by atoms with van der Waals surface area (Å²) < 4.78 is 1.24. The van der Waals surface area contributed by atoms with E-state index in [9.17, 15) is 5.11 Å². The number of fused-ring (bicyclic) bond motifs is 1. The van der Waals surface area contributed by atoms with E-state index < -0.39 is 0 Å². The first-order chi connectivity index (χ1) is 8.19. The van der Waals surface area contributed by atoms with Crippen molar-refractivity contribution in [3.05, 3.63) is 29.3 Å². The maximum Gasteiger partial charge on any atom is 0.0942 e. The number of hydrogen-bond acceptors (Lipinski definition) is 3. The number of rotatable bonds is 5. The maximum absolute atomic E-state index is 9.39. The fraction of sp³-hybridized carbons (Fsp3) is 0.500. The average molecular weight is 249 g/mol. The van der Waals surface area contributed by atoms with Gasteiger partial charge in [0.2, 0.25) is 0 Å². The van der Waals surface area contributed by atoms with Crippen LogP contribution < -0.4 is 0 Å². The summed E-state index contributed by atoms with van der Waals surface area (Å²) in [5.41, 5.74) is 1.08. The molecule has 0 radical (unpaired) electrons. The zero-order chi connectivity index (χ0) is 12.3. The van der Waals surface area contributed by atoms with Crippen LogP contribution in [0.2, 0.25) is 0 Å². The molecule has 3 heteroatoms. The van der Waals surface area contributed by atoms with Crippen LogP contribution in [-0.2, 0) is 6.42 Å². The van der Waals surface area contributed by atoms with Gasteiger partial charge in [-0.25, -0.2) is 4.98 Å². The predicted octanol–water partition coefficient (Wildman–Crippen LogP) is 3.49. The second-order valence-corrected chi connectivity index (χ2v) is 6.07. The average Bonchev–Trinajstić information content (AvgIpc) is 2.69. The summed E-state index contributed by atoms with van der Waals surface area (Å²) in [6, 6.07) is 8.21. The van der Waals surface area contributed by atoms with Crippen LogP contribution in [0.1, 0.15) is 25.3 Å². The van der Waals surface area contributed by atoms with Crippen LogP contribution >= 0.6 is 11.3 Å². The Kier molecular flexibility index (Phi) is 4.13. The Morgan fingerprint density at radius 3 is 2.71 bits per heavy atom. The van der Waals surface area contributed by atoms with Crippen LogP contribution in [0.4, 0.5) is 0 Å². The van der Waals surface area contributed by atoms with Gasteiger partial charge in [0, 0.05) is 13.0 Å². The van der Waals surface area contributed by atoms with E-state index >= 15 is 0 Å². The maximum atomic E-state index is 9.39. The van der Waals surface area contributed by atoms with Crippen LogP contribution in [0.15, 0.2) is 24.3 Å². The van der Waals surface area contributed by atoms with Crippen molar-refractivity contribution in [1.29, 1.82) is 0 Å². The molecule has 2 rings (SSSR count). The Morgan fingerprint density at radius 2 is 2.06 bits per heavy atom. The number of thiazole rings is 1. The molecule has 0 aliphatic carbocycles. The number of para-hydroxylation sites is 1. The molecule has 0 fully saturated rings. The molecule has 1 aromatic carbocycles. The van der Waals surface area contributed by atoms with E-state index in [0.29, 0.717) is 11.8 Å². The zero-order valence-electron chi connectivity index (χ0n) is 10.4. The lowest BCUT2D eigenvalue weighted by molar-refractivity contribution is 0.205. The van der Waals surface area contributed by atoms with Gasteiger partial charge >= 0.3 is 0 Å². The lowest BCUT2D eigenvalue weighted by Gasteiger charge is -2.14. The van der Waals surface area contributed by atoms with E-state index in [4.69, 9.17) is 0 Å². The number of aromatic nitrogens is 1. The van der Waals surface area contributed by atoms with Gasteiger partial charge in [0.1, 0.15) is 0 Å². The molecule has 0 saturated heterocycles. The molecule has 0 aliphatic rings. The first-order valence-electron chi connectivity index (χ1n) is 6.14. The largest absolute Gasteiger partial charge is 0.396 e. The lowest BCUT2D eigenvalue weighted by Crippen LogP contribution is -2.12. The molecule has 92 valence electrons. The number of benzene rings is 1. The first kappa shape index (κ1) is 12.5. The second kappa shape index (κ2) is 5.61. The molecule has 0 spiro atoms. The van der Waals surface area contributed by atoms with Gasteiger partial charge in [0.05, 0.1) is 15.2 Å². The number of hydrogen-bond donors (Lipinski definition) is 1. The van der Waals surface area contributed by atoms with Gasteiger partial charge in [-0.15, -0.1) is 11.3 Å². The minimum Gasteiger partial charge on any atom is -0.396 e. The summed E-state index contributed by atoms with van der Waals surface area (Å²) >= 11 is 1.75. The minimum atomic E-state index is 0.258. The van der Waals surface area contributed by atoms with Crippen molar-refractivity contribution in [2.75, 3.05) is 6.61 Å². The molecule has 0 amide bonds. The molecule has 1 unspecified atom stereocenters. The third kappa shape index (κ3) is 3.27. The van der Waals surface area contributed by atoms with E-state index in [1.54, 1.807) is 11.3 Å². The monoisotopic (exact) mass is 249 g/mol. The highest BCUT2D eigenvalue weighted by molar-refractivity contribution is 7.18. The van der Waals surface area contributed by atoms with E-state index in [-0.39, 0.29) is 6.61 Å². The Morgan fingerprint density at radius 1 is 1.29 bits per heavy atom. The van der Waals surface area contributed by atoms with Crippen molar-refractivity contribution in [1.82, 2.24) is 4.98 Å². The topological polar surface area (TPSA) is 33.1 Å². The smallest absolute Gasteiger partial charge is 0.0942 e. The quantitative estimate of drug-likeness (QED) is 0.880. The molecule has 0 bridgehead atoms. The van der Waals surface area contributed by atoms with Gasteiger partial charge in [0.15, 0.2) is 0 Å². The summed E-state index contributed by atoms with van der Waals surface area (Å²) in [4.78, 5) is 4.62. The first-order valence-corrected chi connectivity index (χ1v) is 6.96. The molecule has 2 nitrogen and oxygen atoms in total. The van der Waals surface area contributed by atoms with Gasteiger partial charge in [0.25, 0.3) is 0 Å². The zero-order valence-corrected chi connectivity index (χ0v) is 11.2. The lowest BCUT2D eigenvalue weighted by atomic mass is 9.95. The SMILES string of the molecule is CC(C)CC(CO)Cc1nc2ccccc2s1. The summed E-state index contributed by atoms with van der Waals surface area (Å²) in [7, 11) is 0. The Labute approximate surface area is 106 Å². The molecule has 2 aromatic rings. The van der Waals surface area contributed by atoms with Gasteiger partial charge in [-0.1, -0.05) is 26.0 Å². The summed E-state index contributed by atoms with van der Waals surface area (Å²) in [6.45, 7) is 4.65. The van der Waals surface area contributed by atoms with E-state index in [0.717, 1.165) is 23.4 Å². The van der Waals surface area contributed by atoms with Gasteiger partial charge in [-0.2, -0.15) is 0 Å². The number of aliphatic hydroxyl groups is 1. The minimum absolute atomic E-state index is 0.258. The van der Waals surface area contributed by atoms with Gasteiger partial charge in [-0.3, -0.25) is 0 Å². The fourth-order valence-corrected chi connectivity index (χ4v) is 3.23. The van der Waals surface area contributed by atoms with Crippen molar-refractivity contribution in [2.24, 2.45) is 11.8 Å². The van der Waals surface area contributed by atoms with E-state index in [2.05, 4.69) is 24.9 Å². The number of nitrogens with zero attached hydrogens (tertiary/aromatic N) is 1. The van der Waals surface area contributed by atoms with Crippen LogP contribution in [0.5, 0.6) is 0 Å². The summed E-state index contributed by atoms with van der Waals surface area (Å²) in [6.07, 6.45) is 1.96. The highest BCUT2D eigenvalue weighted by Gasteiger charge is 2.13. The van der Waals surface area contributed by atoms with Crippen molar-refractivity contribution >= 4 is 21.6 Å². The number of aliphatic hydroxyl groups excluding tert-OH is 1. The normalized spacial score (nSPS) is 13.4. The molecule has 0 saturated carbocycles. The van der Waals surface area contributed by atoms with Gasteiger partial charge in [-0.05, 0) is 30.4 Å². The van der Waals surface area contributed by atoms with E-state index in [1.807, 2.05) is 18.2 Å². The third-order valence-corrected chi connectivity index (χ3v) is 3.92. The van der Waals surface area contributed by atoms with Crippen molar-refractivity contribution in [3.8, 4) is 0 Å².